The third-order valence-corrected chi connectivity index (χ3v) is 5.75. The number of hydrogen-bond donors (Lipinski definition) is 0. The molecule has 1 saturated heterocycles. The van der Waals surface area contributed by atoms with Crippen molar-refractivity contribution >= 4 is 17.8 Å². The third-order valence-electron chi connectivity index (χ3n) is 5.75. The Hall–Kier alpha value is -3.03. The van der Waals surface area contributed by atoms with Gasteiger partial charge in [0.15, 0.2) is 23.7 Å². The maximum atomic E-state index is 13.1. The molecule has 3 heterocycles. The predicted octanol–water partition coefficient (Wildman–Crippen LogP) is 1.53. The third kappa shape index (κ3) is 2.40. The van der Waals surface area contributed by atoms with Crippen LogP contribution < -0.4 is 9.47 Å². The first-order valence-corrected chi connectivity index (χ1v) is 9.23. The lowest BCUT2D eigenvalue weighted by Gasteiger charge is -2.45. The highest BCUT2D eigenvalue weighted by Gasteiger charge is 2.54. The average Bonchev–Trinajstić information content (AvgIpc) is 3.25. The zero-order valence-electron chi connectivity index (χ0n) is 15.5. The van der Waals surface area contributed by atoms with E-state index < -0.39 is 24.1 Å². The lowest BCUT2D eigenvalue weighted by molar-refractivity contribution is -0.165. The maximum absolute atomic E-state index is 13.1. The Labute approximate surface area is 161 Å². The number of carbonyl (C=O) groups is 3. The minimum absolute atomic E-state index is 0.0783. The van der Waals surface area contributed by atoms with Crippen LogP contribution in [-0.2, 0) is 19.1 Å². The van der Waals surface area contributed by atoms with E-state index in [1.54, 1.807) is 12.1 Å². The number of esters is 2. The van der Waals surface area contributed by atoms with Crippen LogP contribution in [0.3, 0.4) is 0 Å². The summed E-state index contributed by atoms with van der Waals surface area (Å²) in [4.78, 5) is 38.5. The predicted molar refractivity (Wildman–Crippen MR) is 93.9 cm³/mol. The summed E-state index contributed by atoms with van der Waals surface area (Å²) in [6.45, 7) is 3.32. The summed E-state index contributed by atoms with van der Waals surface area (Å²) in [5.41, 5.74) is 2.26. The van der Waals surface area contributed by atoms with Crippen molar-refractivity contribution in [3.05, 3.63) is 34.9 Å². The lowest BCUT2D eigenvalue weighted by atomic mass is 9.72. The van der Waals surface area contributed by atoms with E-state index in [1.807, 2.05) is 11.0 Å². The first-order valence-electron chi connectivity index (χ1n) is 9.23. The average molecular weight is 385 g/mol. The molecule has 3 aliphatic heterocycles. The summed E-state index contributed by atoms with van der Waals surface area (Å²) in [6.07, 6.45) is 1.09. The van der Waals surface area contributed by atoms with Gasteiger partial charge in [0.1, 0.15) is 0 Å². The van der Waals surface area contributed by atoms with Crippen molar-refractivity contribution in [2.24, 2.45) is 0 Å². The number of benzene rings is 1. The smallest absolute Gasteiger partial charge is 0.303 e. The molecule has 8 nitrogen and oxygen atoms in total. The second-order valence-corrected chi connectivity index (χ2v) is 7.40. The molecule has 5 rings (SSSR count). The van der Waals surface area contributed by atoms with Crippen molar-refractivity contribution in [2.45, 2.75) is 44.4 Å². The van der Waals surface area contributed by atoms with Gasteiger partial charge in [-0.25, -0.2) is 0 Å². The molecule has 0 radical (unpaired) electrons. The number of nitrogens with zero attached hydrogens (tertiary/aromatic N) is 1. The Kier molecular flexibility index (Phi) is 3.65. The summed E-state index contributed by atoms with van der Waals surface area (Å²) in [6, 6.07) is 3.26. The van der Waals surface area contributed by atoms with Crippen LogP contribution in [0.25, 0.3) is 0 Å². The summed E-state index contributed by atoms with van der Waals surface area (Å²) in [7, 11) is 0. The fourth-order valence-electron chi connectivity index (χ4n) is 4.81. The lowest BCUT2D eigenvalue weighted by Crippen LogP contribution is -2.54. The quantitative estimate of drug-likeness (QED) is 0.563. The summed E-state index contributed by atoms with van der Waals surface area (Å²) < 4.78 is 22.1. The zero-order chi connectivity index (χ0) is 19.6. The van der Waals surface area contributed by atoms with E-state index in [1.165, 1.54) is 13.8 Å². The van der Waals surface area contributed by atoms with E-state index in [0.29, 0.717) is 30.0 Å². The van der Waals surface area contributed by atoms with Gasteiger partial charge in [0.05, 0.1) is 12.0 Å². The van der Waals surface area contributed by atoms with Crippen LogP contribution in [0.5, 0.6) is 11.5 Å². The van der Waals surface area contributed by atoms with Gasteiger partial charge in [-0.05, 0) is 35.8 Å². The fourth-order valence-corrected chi connectivity index (χ4v) is 4.81. The van der Waals surface area contributed by atoms with Gasteiger partial charge in [-0.2, -0.15) is 0 Å². The first kappa shape index (κ1) is 17.1. The summed E-state index contributed by atoms with van der Waals surface area (Å²) in [5, 5.41) is 0. The standard InChI is InChI=1S/C20H19NO7/c1-9(22)27-16-5-11-3-4-21-18(11)17(19(16)28-10(2)23)12-6-14-15(26-8-25-14)7-13(12)20(21)24/h5-7,16-19H,3-4,8H2,1-2H3/t16-,17-,18+,19+/m0/s1. The van der Waals surface area contributed by atoms with Crippen molar-refractivity contribution in [3.63, 3.8) is 0 Å². The van der Waals surface area contributed by atoms with Gasteiger partial charge in [-0.3, -0.25) is 14.4 Å². The summed E-state index contributed by atoms with van der Waals surface area (Å²) >= 11 is 0. The highest BCUT2D eigenvalue weighted by Crippen LogP contribution is 2.50. The van der Waals surface area contributed by atoms with Gasteiger partial charge in [0, 0.05) is 26.0 Å². The summed E-state index contributed by atoms with van der Waals surface area (Å²) in [5.74, 6) is -0.270. The van der Waals surface area contributed by atoms with Gasteiger partial charge >= 0.3 is 11.9 Å². The molecule has 1 amide bonds. The van der Waals surface area contributed by atoms with Crippen LogP contribution in [0.4, 0.5) is 0 Å². The van der Waals surface area contributed by atoms with Crippen molar-refractivity contribution in [3.8, 4) is 11.5 Å². The van der Waals surface area contributed by atoms with Crippen LogP contribution in [0, 0.1) is 0 Å². The molecule has 0 spiro atoms. The van der Waals surface area contributed by atoms with Crippen molar-refractivity contribution in [1.29, 1.82) is 0 Å². The molecule has 1 aliphatic carbocycles. The first-order chi connectivity index (χ1) is 13.4. The van der Waals surface area contributed by atoms with E-state index in [0.717, 1.165) is 11.1 Å². The molecule has 28 heavy (non-hydrogen) atoms. The van der Waals surface area contributed by atoms with Gasteiger partial charge in [-0.15, -0.1) is 0 Å². The number of rotatable bonds is 2. The number of hydrogen-bond acceptors (Lipinski definition) is 7. The Morgan fingerprint density at radius 2 is 1.82 bits per heavy atom. The molecule has 1 fully saturated rings. The Bertz CT molecular complexity index is 937. The van der Waals surface area contributed by atoms with Crippen LogP contribution in [0.1, 0.15) is 42.1 Å². The minimum atomic E-state index is -0.733. The molecule has 0 saturated carbocycles. The number of carbonyl (C=O) groups excluding carboxylic acids is 3. The minimum Gasteiger partial charge on any atom is -0.457 e. The van der Waals surface area contributed by atoms with Crippen molar-refractivity contribution in [2.75, 3.05) is 13.3 Å². The second kappa shape index (κ2) is 5.98. The Morgan fingerprint density at radius 3 is 2.54 bits per heavy atom. The highest BCUT2D eigenvalue weighted by molar-refractivity contribution is 5.99. The molecule has 0 N–H and O–H groups in total. The molecule has 0 aromatic heterocycles. The molecule has 0 unspecified atom stereocenters. The van der Waals surface area contributed by atoms with E-state index in [2.05, 4.69) is 0 Å². The molecule has 4 atom stereocenters. The number of fused-ring (bicyclic) bond motifs is 3. The van der Waals surface area contributed by atoms with E-state index >= 15 is 0 Å². The molecule has 146 valence electrons. The SMILES string of the molecule is CC(=O)O[C@H]1[C@H]2c3cc4c(cc3C(=O)N3CCC(=C[C@@H]1OC(C)=O)[C@H]23)OCO4. The number of amides is 1. The van der Waals surface area contributed by atoms with Crippen molar-refractivity contribution < 1.29 is 33.3 Å². The Morgan fingerprint density at radius 1 is 1.11 bits per heavy atom. The molecule has 4 aliphatic rings. The van der Waals surface area contributed by atoms with Gasteiger partial charge in [0.2, 0.25) is 6.79 Å². The number of ether oxygens (including phenoxy) is 4. The van der Waals surface area contributed by atoms with E-state index in [-0.39, 0.29) is 24.7 Å². The van der Waals surface area contributed by atoms with E-state index in [9.17, 15) is 14.4 Å². The van der Waals surface area contributed by atoms with Gasteiger partial charge in [0.25, 0.3) is 5.91 Å². The fraction of sp³-hybridized carbons (Fsp3) is 0.450. The second-order valence-electron chi connectivity index (χ2n) is 7.40. The highest BCUT2D eigenvalue weighted by atomic mass is 16.7. The van der Waals surface area contributed by atoms with Gasteiger partial charge < -0.3 is 23.8 Å². The maximum Gasteiger partial charge on any atom is 0.303 e. The molecule has 0 bridgehead atoms. The van der Waals surface area contributed by atoms with Crippen LogP contribution in [0.2, 0.25) is 0 Å². The van der Waals surface area contributed by atoms with Gasteiger partial charge in [-0.1, -0.05) is 0 Å². The normalized spacial score (nSPS) is 29.0. The van der Waals surface area contributed by atoms with Crippen LogP contribution >= 0.6 is 0 Å². The molecule has 1 aromatic carbocycles. The molecule has 1 aromatic rings. The molecule has 8 heteroatoms. The van der Waals surface area contributed by atoms with Crippen LogP contribution in [0.15, 0.2) is 23.8 Å². The molecular weight excluding hydrogens is 366 g/mol. The van der Waals surface area contributed by atoms with Crippen molar-refractivity contribution in [1.82, 2.24) is 4.90 Å². The zero-order valence-corrected chi connectivity index (χ0v) is 15.5. The van der Waals surface area contributed by atoms with E-state index in [4.69, 9.17) is 18.9 Å². The Balaban J connectivity index is 1.69. The largest absolute Gasteiger partial charge is 0.457 e. The monoisotopic (exact) mass is 385 g/mol. The van der Waals surface area contributed by atoms with Crippen LogP contribution in [-0.4, -0.2) is 54.3 Å². The molecular formula is C20H19NO7. The topological polar surface area (TPSA) is 91.4 Å².